The Morgan fingerprint density at radius 1 is 1.14 bits per heavy atom. The zero-order valence-corrected chi connectivity index (χ0v) is 12.1. The first-order valence-electron chi connectivity index (χ1n) is 7.16. The van der Waals surface area contributed by atoms with Gasteiger partial charge in [-0.3, -0.25) is 4.79 Å². The van der Waals surface area contributed by atoms with Gasteiger partial charge >= 0.3 is 0 Å². The highest BCUT2D eigenvalue weighted by molar-refractivity contribution is 6.03. The summed E-state index contributed by atoms with van der Waals surface area (Å²) < 4.78 is 11.3. The lowest BCUT2D eigenvalue weighted by atomic mass is 10.1. The van der Waals surface area contributed by atoms with Crippen molar-refractivity contribution >= 4 is 5.78 Å². The van der Waals surface area contributed by atoms with Gasteiger partial charge in [0.05, 0.1) is 12.7 Å². The molecule has 2 aliphatic carbocycles. The van der Waals surface area contributed by atoms with Crippen molar-refractivity contribution < 1.29 is 14.3 Å². The molecule has 1 saturated carbocycles. The Morgan fingerprint density at radius 2 is 1.91 bits per heavy atom. The van der Waals surface area contributed by atoms with Crippen molar-refractivity contribution in [3.63, 3.8) is 0 Å². The maximum atomic E-state index is 12.1. The number of ketones is 1. The average molecular weight is 298 g/mol. The molecule has 0 saturated heterocycles. The molecule has 0 heterocycles. The number of ether oxygens (including phenoxy) is 2. The minimum atomic E-state index is 0. The van der Waals surface area contributed by atoms with E-state index in [1.54, 1.807) is 7.11 Å². The highest BCUT2D eigenvalue weighted by Gasteiger charge is 2.28. The number of rotatable bonds is 4. The number of hydrogen-bond donors (Lipinski definition) is 0. The van der Waals surface area contributed by atoms with Gasteiger partial charge in [-0.1, -0.05) is 37.8 Å². The number of allylic oxidation sites excluding steroid dienone is 4. The fourth-order valence-electron chi connectivity index (χ4n) is 2.70. The summed E-state index contributed by atoms with van der Waals surface area (Å²) in [5.41, 5.74) is 2.89. The van der Waals surface area contributed by atoms with Crippen molar-refractivity contribution in [2.75, 3.05) is 7.11 Å². The van der Waals surface area contributed by atoms with Crippen LogP contribution in [0.2, 0.25) is 0 Å². The van der Waals surface area contributed by atoms with Crippen LogP contribution < -0.4 is 0 Å². The van der Waals surface area contributed by atoms with Crippen molar-refractivity contribution in [1.29, 1.82) is 0 Å². The fraction of sp³-hybridized carbons (Fsp3) is 0.316. The van der Waals surface area contributed by atoms with Crippen LogP contribution in [0.5, 0.6) is 0 Å². The topological polar surface area (TPSA) is 35.5 Å². The largest absolute Gasteiger partial charge is 0.497 e. The molecule has 22 heavy (non-hydrogen) atoms. The second-order valence-electron chi connectivity index (χ2n) is 5.18. The van der Waals surface area contributed by atoms with E-state index in [4.69, 9.17) is 9.47 Å². The molecule has 1 aromatic rings. The summed E-state index contributed by atoms with van der Waals surface area (Å²) in [6.45, 7) is 0.483. The first-order chi connectivity index (χ1) is 10.3. The number of methoxy groups -OCH3 is 1. The van der Waals surface area contributed by atoms with Gasteiger partial charge in [0.15, 0.2) is 5.78 Å². The van der Waals surface area contributed by atoms with Crippen LogP contribution in [0.25, 0.3) is 0 Å². The molecular formula is C19H22O3. The normalized spacial score (nSPS) is 17.0. The molecule has 0 N–H and O–H groups in total. The Bertz CT molecular complexity index is 636. The van der Waals surface area contributed by atoms with E-state index in [1.807, 2.05) is 42.5 Å². The van der Waals surface area contributed by atoms with Gasteiger partial charge in [-0.05, 0) is 29.7 Å². The quantitative estimate of drug-likeness (QED) is 0.830. The van der Waals surface area contributed by atoms with Gasteiger partial charge in [0.2, 0.25) is 0 Å². The summed E-state index contributed by atoms with van der Waals surface area (Å²) in [6, 6.07) is 9.99. The lowest BCUT2D eigenvalue weighted by Gasteiger charge is -2.11. The zero-order chi connectivity index (χ0) is 14.7. The third-order valence-corrected chi connectivity index (χ3v) is 3.80. The molecule has 116 valence electrons. The van der Waals surface area contributed by atoms with Gasteiger partial charge in [0, 0.05) is 12.8 Å². The molecule has 0 amide bonds. The molecule has 0 unspecified atom stereocenters. The third-order valence-electron chi connectivity index (χ3n) is 3.80. The van der Waals surface area contributed by atoms with Crippen molar-refractivity contribution in [3.05, 3.63) is 70.7 Å². The second kappa shape index (κ2) is 7.12. The Labute approximate surface area is 131 Å². The Hall–Kier alpha value is -2.29. The van der Waals surface area contributed by atoms with Crippen molar-refractivity contribution in [2.45, 2.75) is 33.3 Å². The summed E-state index contributed by atoms with van der Waals surface area (Å²) in [6.07, 6.45) is 5.85. The highest BCUT2D eigenvalue weighted by atomic mass is 16.5. The molecule has 3 rings (SSSR count). The van der Waals surface area contributed by atoms with Crippen LogP contribution in [0.3, 0.4) is 0 Å². The van der Waals surface area contributed by atoms with Crippen LogP contribution in [0.4, 0.5) is 0 Å². The van der Waals surface area contributed by atoms with Crippen molar-refractivity contribution in [3.8, 4) is 0 Å². The van der Waals surface area contributed by atoms with E-state index in [0.717, 1.165) is 34.6 Å². The molecule has 0 aliphatic heterocycles. The van der Waals surface area contributed by atoms with Crippen LogP contribution in [0, 0.1) is 0 Å². The lowest BCUT2D eigenvalue weighted by Crippen LogP contribution is -2.02. The summed E-state index contributed by atoms with van der Waals surface area (Å²) >= 11 is 0. The van der Waals surface area contributed by atoms with E-state index in [0.29, 0.717) is 19.4 Å². The van der Waals surface area contributed by atoms with E-state index < -0.39 is 0 Å². The summed E-state index contributed by atoms with van der Waals surface area (Å²) in [5.74, 6) is 1.74. The van der Waals surface area contributed by atoms with E-state index in [-0.39, 0.29) is 13.2 Å². The van der Waals surface area contributed by atoms with E-state index in [1.165, 1.54) is 0 Å². The molecule has 0 spiro atoms. The maximum absolute atomic E-state index is 12.1. The van der Waals surface area contributed by atoms with Gasteiger partial charge in [-0.25, -0.2) is 0 Å². The smallest absolute Gasteiger partial charge is 0.166 e. The summed E-state index contributed by atoms with van der Waals surface area (Å²) in [5, 5.41) is 0. The molecule has 3 heteroatoms. The Balaban J connectivity index is 0.00000176. The molecule has 0 atom stereocenters. The number of fused-ring (bicyclic) bond motifs is 1. The SMILES string of the molecule is C.COC1=CCC(OCc2ccccc2)=C2C(=O)CCC2=C1. The van der Waals surface area contributed by atoms with E-state index in [9.17, 15) is 4.79 Å². The molecular weight excluding hydrogens is 276 g/mol. The van der Waals surface area contributed by atoms with Crippen LogP contribution in [0.15, 0.2) is 65.1 Å². The van der Waals surface area contributed by atoms with Gasteiger partial charge in [-0.15, -0.1) is 0 Å². The summed E-state index contributed by atoms with van der Waals surface area (Å²) in [7, 11) is 1.65. The van der Waals surface area contributed by atoms with Crippen LogP contribution in [-0.2, 0) is 20.9 Å². The van der Waals surface area contributed by atoms with Gasteiger partial charge in [-0.2, -0.15) is 0 Å². The van der Waals surface area contributed by atoms with E-state index in [2.05, 4.69) is 0 Å². The molecule has 0 aromatic heterocycles. The lowest BCUT2D eigenvalue weighted by molar-refractivity contribution is -0.114. The second-order valence-corrected chi connectivity index (χ2v) is 5.18. The Morgan fingerprint density at radius 3 is 2.64 bits per heavy atom. The molecule has 3 nitrogen and oxygen atoms in total. The van der Waals surface area contributed by atoms with Crippen LogP contribution in [0.1, 0.15) is 32.3 Å². The number of carbonyl (C=O) groups excluding carboxylic acids is 1. The number of benzene rings is 1. The van der Waals surface area contributed by atoms with Crippen molar-refractivity contribution in [2.24, 2.45) is 0 Å². The third kappa shape index (κ3) is 3.30. The van der Waals surface area contributed by atoms with Gasteiger partial charge in [0.25, 0.3) is 0 Å². The highest BCUT2D eigenvalue weighted by Crippen LogP contribution is 2.35. The molecule has 0 radical (unpaired) electrons. The predicted molar refractivity (Wildman–Crippen MR) is 87.0 cm³/mol. The van der Waals surface area contributed by atoms with Gasteiger partial charge < -0.3 is 9.47 Å². The average Bonchev–Trinajstić information content (AvgIpc) is 2.78. The molecule has 1 fully saturated rings. The van der Waals surface area contributed by atoms with Crippen LogP contribution >= 0.6 is 0 Å². The number of hydrogen-bond acceptors (Lipinski definition) is 3. The first-order valence-corrected chi connectivity index (χ1v) is 7.16. The molecule has 0 bridgehead atoms. The first kappa shape index (κ1) is 16.1. The monoisotopic (exact) mass is 298 g/mol. The predicted octanol–water partition coefficient (Wildman–Crippen LogP) is 4.32. The standard InChI is InChI=1S/C18H18O3.CH4/c1-20-15-8-10-17(18-14(11-15)7-9-16(18)19)21-12-13-5-3-2-4-6-13;/h2-6,8,11H,7,9-10,12H2,1H3;1H4. The zero-order valence-electron chi connectivity index (χ0n) is 12.1. The minimum Gasteiger partial charge on any atom is -0.497 e. The molecule has 1 aromatic carbocycles. The van der Waals surface area contributed by atoms with Crippen LogP contribution in [-0.4, -0.2) is 12.9 Å². The molecule has 2 aliphatic rings. The van der Waals surface area contributed by atoms with E-state index >= 15 is 0 Å². The van der Waals surface area contributed by atoms with Crippen molar-refractivity contribution in [1.82, 2.24) is 0 Å². The Kier molecular flexibility index (Phi) is 5.21. The minimum absolute atomic E-state index is 0. The maximum Gasteiger partial charge on any atom is 0.166 e. The fourth-order valence-corrected chi connectivity index (χ4v) is 2.70. The summed E-state index contributed by atoms with van der Waals surface area (Å²) in [4.78, 5) is 12.1. The van der Waals surface area contributed by atoms with Gasteiger partial charge in [0.1, 0.15) is 18.1 Å². The number of Topliss-reactive ketones (excluding diaryl/α,β-unsaturated/α-hetero) is 1. The number of carbonyl (C=O) groups is 1.